The van der Waals surface area contributed by atoms with E-state index in [4.69, 9.17) is 5.73 Å². The van der Waals surface area contributed by atoms with Gasteiger partial charge in [0.25, 0.3) is 0 Å². The lowest BCUT2D eigenvalue weighted by molar-refractivity contribution is 0.650. The summed E-state index contributed by atoms with van der Waals surface area (Å²) in [6.07, 6.45) is 4.41. The molecule has 0 fully saturated rings. The maximum Gasteiger partial charge on any atom is 0.155 e. The maximum absolute atomic E-state index is 5.75. The lowest BCUT2D eigenvalue weighted by Crippen LogP contribution is -2.16. The number of H-pyrrole nitrogens is 1. The fourth-order valence-corrected chi connectivity index (χ4v) is 1.63. The smallest absolute Gasteiger partial charge is 0.155 e. The number of hydrogen-bond acceptors (Lipinski definition) is 4. The monoisotopic (exact) mass is 217 g/mol. The van der Waals surface area contributed by atoms with E-state index in [2.05, 4.69) is 20.2 Å². The van der Waals surface area contributed by atoms with Crippen molar-refractivity contribution in [3.63, 3.8) is 0 Å². The standard InChI is InChI=1S/C11H15N5/c1-8-14-11(16-15-8)10(7-12)6-9-2-4-13-5-3-9/h2-5,10H,6-7,12H2,1H3,(H,14,15,16). The van der Waals surface area contributed by atoms with Crippen molar-refractivity contribution in [1.29, 1.82) is 0 Å². The van der Waals surface area contributed by atoms with Crippen LogP contribution in [0.25, 0.3) is 0 Å². The molecule has 0 aliphatic rings. The van der Waals surface area contributed by atoms with Crippen LogP contribution in [-0.2, 0) is 6.42 Å². The molecule has 0 radical (unpaired) electrons. The number of nitrogens with one attached hydrogen (secondary N) is 1. The third-order valence-electron chi connectivity index (χ3n) is 2.50. The molecule has 0 saturated carbocycles. The molecule has 0 saturated heterocycles. The summed E-state index contributed by atoms with van der Waals surface area (Å²) >= 11 is 0. The van der Waals surface area contributed by atoms with Gasteiger partial charge < -0.3 is 5.73 Å². The molecule has 1 atom stereocenters. The molecule has 84 valence electrons. The van der Waals surface area contributed by atoms with Crippen LogP contribution in [0, 0.1) is 6.92 Å². The quantitative estimate of drug-likeness (QED) is 0.793. The van der Waals surface area contributed by atoms with Gasteiger partial charge in [0.1, 0.15) is 5.82 Å². The average Bonchev–Trinajstić information content (AvgIpc) is 2.74. The van der Waals surface area contributed by atoms with E-state index in [9.17, 15) is 0 Å². The molecule has 2 aromatic heterocycles. The fraction of sp³-hybridized carbons (Fsp3) is 0.364. The Labute approximate surface area is 94.1 Å². The van der Waals surface area contributed by atoms with Gasteiger partial charge in [0, 0.05) is 24.9 Å². The van der Waals surface area contributed by atoms with Crippen LogP contribution in [0.15, 0.2) is 24.5 Å². The highest BCUT2D eigenvalue weighted by Gasteiger charge is 2.14. The first-order chi connectivity index (χ1) is 7.79. The molecule has 2 heterocycles. The molecular formula is C11H15N5. The van der Waals surface area contributed by atoms with Crippen molar-refractivity contribution in [2.75, 3.05) is 6.54 Å². The van der Waals surface area contributed by atoms with Gasteiger partial charge in [0.2, 0.25) is 0 Å². The second-order valence-electron chi connectivity index (χ2n) is 3.77. The first-order valence-corrected chi connectivity index (χ1v) is 5.27. The molecule has 0 amide bonds. The number of rotatable bonds is 4. The Kier molecular flexibility index (Phi) is 3.26. The van der Waals surface area contributed by atoms with Crippen molar-refractivity contribution in [3.05, 3.63) is 41.7 Å². The van der Waals surface area contributed by atoms with E-state index in [0.717, 1.165) is 18.1 Å². The Morgan fingerprint density at radius 3 is 2.69 bits per heavy atom. The Balaban J connectivity index is 2.12. The molecule has 0 aromatic carbocycles. The van der Waals surface area contributed by atoms with Crippen LogP contribution in [0.2, 0.25) is 0 Å². The molecule has 5 heteroatoms. The van der Waals surface area contributed by atoms with Gasteiger partial charge in [-0.15, -0.1) is 0 Å². The van der Waals surface area contributed by atoms with Gasteiger partial charge in [0.15, 0.2) is 5.82 Å². The Morgan fingerprint density at radius 2 is 2.12 bits per heavy atom. The SMILES string of the molecule is Cc1nc(C(CN)Cc2ccncc2)n[nH]1. The molecule has 0 bridgehead atoms. The van der Waals surface area contributed by atoms with Gasteiger partial charge in [-0.1, -0.05) is 0 Å². The third-order valence-corrected chi connectivity index (χ3v) is 2.50. The lowest BCUT2D eigenvalue weighted by atomic mass is 10.00. The van der Waals surface area contributed by atoms with E-state index in [1.165, 1.54) is 5.56 Å². The largest absolute Gasteiger partial charge is 0.330 e. The number of nitrogens with zero attached hydrogens (tertiary/aromatic N) is 3. The van der Waals surface area contributed by atoms with Gasteiger partial charge in [-0.25, -0.2) is 4.98 Å². The van der Waals surface area contributed by atoms with Crippen molar-refractivity contribution in [1.82, 2.24) is 20.2 Å². The zero-order valence-corrected chi connectivity index (χ0v) is 9.22. The highest BCUT2D eigenvalue weighted by atomic mass is 15.2. The zero-order valence-electron chi connectivity index (χ0n) is 9.22. The van der Waals surface area contributed by atoms with Gasteiger partial charge in [-0.3, -0.25) is 10.1 Å². The average molecular weight is 217 g/mol. The van der Waals surface area contributed by atoms with Crippen molar-refractivity contribution in [2.45, 2.75) is 19.3 Å². The molecule has 2 rings (SSSR count). The minimum absolute atomic E-state index is 0.160. The minimum Gasteiger partial charge on any atom is -0.330 e. The van der Waals surface area contributed by atoms with Crippen LogP contribution < -0.4 is 5.73 Å². The van der Waals surface area contributed by atoms with Crippen LogP contribution in [0.3, 0.4) is 0 Å². The van der Waals surface area contributed by atoms with Crippen LogP contribution >= 0.6 is 0 Å². The molecule has 5 nitrogen and oxygen atoms in total. The third kappa shape index (κ3) is 2.43. The van der Waals surface area contributed by atoms with Crippen molar-refractivity contribution in [3.8, 4) is 0 Å². The van der Waals surface area contributed by atoms with E-state index in [0.29, 0.717) is 6.54 Å². The Hall–Kier alpha value is -1.75. The molecule has 0 spiro atoms. The summed E-state index contributed by atoms with van der Waals surface area (Å²) in [7, 11) is 0. The number of pyridine rings is 1. The maximum atomic E-state index is 5.75. The number of hydrogen-bond donors (Lipinski definition) is 2. The summed E-state index contributed by atoms with van der Waals surface area (Å²) in [5, 5.41) is 6.99. The van der Waals surface area contributed by atoms with E-state index in [1.807, 2.05) is 19.1 Å². The number of nitrogens with two attached hydrogens (primary N) is 1. The highest BCUT2D eigenvalue weighted by Crippen LogP contribution is 2.15. The second kappa shape index (κ2) is 4.85. The first-order valence-electron chi connectivity index (χ1n) is 5.27. The number of aryl methyl sites for hydroxylation is 1. The highest BCUT2D eigenvalue weighted by molar-refractivity contribution is 5.14. The summed E-state index contributed by atoms with van der Waals surface area (Å²) in [5.74, 6) is 1.77. The topological polar surface area (TPSA) is 80.5 Å². The van der Waals surface area contributed by atoms with Gasteiger partial charge >= 0.3 is 0 Å². The molecule has 3 N–H and O–H groups in total. The Morgan fingerprint density at radius 1 is 1.38 bits per heavy atom. The van der Waals surface area contributed by atoms with E-state index in [1.54, 1.807) is 12.4 Å². The van der Waals surface area contributed by atoms with Crippen LogP contribution in [0.4, 0.5) is 0 Å². The van der Waals surface area contributed by atoms with Gasteiger partial charge in [-0.05, 0) is 31.0 Å². The summed E-state index contributed by atoms with van der Waals surface area (Å²) in [6.45, 7) is 2.43. The lowest BCUT2D eigenvalue weighted by Gasteiger charge is -2.10. The summed E-state index contributed by atoms with van der Waals surface area (Å²) in [4.78, 5) is 8.30. The number of aromatic nitrogens is 4. The van der Waals surface area contributed by atoms with Gasteiger partial charge in [0.05, 0.1) is 0 Å². The van der Waals surface area contributed by atoms with Crippen LogP contribution in [0.5, 0.6) is 0 Å². The predicted molar refractivity (Wildman–Crippen MR) is 60.9 cm³/mol. The van der Waals surface area contributed by atoms with Gasteiger partial charge in [-0.2, -0.15) is 5.10 Å². The summed E-state index contributed by atoms with van der Waals surface area (Å²) in [5.41, 5.74) is 6.95. The predicted octanol–water partition coefficient (Wildman–Crippen LogP) is 0.793. The molecule has 1 unspecified atom stereocenters. The molecule has 2 aromatic rings. The molecule has 0 aliphatic carbocycles. The van der Waals surface area contributed by atoms with Crippen molar-refractivity contribution in [2.24, 2.45) is 5.73 Å². The fourth-order valence-electron chi connectivity index (χ4n) is 1.63. The molecule has 16 heavy (non-hydrogen) atoms. The molecule has 0 aliphatic heterocycles. The van der Waals surface area contributed by atoms with E-state index < -0.39 is 0 Å². The van der Waals surface area contributed by atoms with E-state index >= 15 is 0 Å². The first kappa shape index (κ1) is 10.8. The Bertz CT molecular complexity index is 437. The number of aromatic amines is 1. The normalized spacial score (nSPS) is 12.6. The summed E-state index contributed by atoms with van der Waals surface area (Å²) < 4.78 is 0. The van der Waals surface area contributed by atoms with Crippen LogP contribution in [0.1, 0.15) is 23.1 Å². The van der Waals surface area contributed by atoms with Crippen molar-refractivity contribution < 1.29 is 0 Å². The molecular weight excluding hydrogens is 202 g/mol. The zero-order chi connectivity index (χ0) is 11.4. The summed E-state index contributed by atoms with van der Waals surface area (Å²) in [6, 6.07) is 3.98. The second-order valence-corrected chi connectivity index (χ2v) is 3.77. The van der Waals surface area contributed by atoms with E-state index in [-0.39, 0.29) is 5.92 Å². The van der Waals surface area contributed by atoms with Crippen LogP contribution in [-0.4, -0.2) is 26.7 Å². The minimum atomic E-state index is 0.160. The van der Waals surface area contributed by atoms with Crippen molar-refractivity contribution >= 4 is 0 Å².